The Morgan fingerprint density at radius 2 is 1.65 bits per heavy atom. The molecule has 11 nitrogen and oxygen atoms in total. The number of carbonyl (C=O) groups is 1. The number of hydrogen-bond acceptors (Lipinski definition) is 11. The van der Waals surface area contributed by atoms with Crippen molar-refractivity contribution in [3.63, 3.8) is 0 Å². The van der Waals surface area contributed by atoms with E-state index in [0.717, 1.165) is 56.1 Å². The van der Waals surface area contributed by atoms with Crippen LogP contribution < -0.4 is 5.73 Å². The van der Waals surface area contributed by atoms with E-state index in [9.17, 15) is 15.0 Å². The van der Waals surface area contributed by atoms with Crippen LogP contribution in [0.2, 0.25) is 0 Å². The van der Waals surface area contributed by atoms with Crippen molar-refractivity contribution in [2.24, 2.45) is 23.5 Å². The number of Topliss-reactive ketones (excluding diaryl/α,β-unsaturated/α-hetero) is 1. The van der Waals surface area contributed by atoms with Crippen LogP contribution in [-0.2, 0) is 38.0 Å². The van der Waals surface area contributed by atoms with Gasteiger partial charge in [0.05, 0.1) is 82.8 Å². The number of carbonyl (C=O) groups excluding carboxylic acids is 1. The van der Waals surface area contributed by atoms with Gasteiger partial charge in [0.2, 0.25) is 0 Å². The number of nitrogens with two attached hydrogens (primary N) is 1. The third kappa shape index (κ3) is 8.89. The molecule has 0 aliphatic carbocycles. The molecular formula is C42H66INO10. The van der Waals surface area contributed by atoms with Gasteiger partial charge in [-0.05, 0) is 75.4 Å². The maximum absolute atomic E-state index is 14.1. The van der Waals surface area contributed by atoms with Gasteiger partial charge in [0.15, 0.2) is 0 Å². The molecule has 7 aliphatic rings. The highest BCUT2D eigenvalue weighted by atomic mass is 127. The number of halogens is 1. The van der Waals surface area contributed by atoms with Crippen LogP contribution in [-0.4, -0.2) is 125 Å². The second-order valence-corrected chi connectivity index (χ2v) is 19.6. The molecule has 19 atom stereocenters. The Morgan fingerprint density at radius 3 is 2.41 bits per heavy atom. The molecule has 0 radical (unpaired) electrons. The van der Waals surface area contributed by atoms with E-state index in [-0.39, 0.29) is 114 Å². The van der Waals surface area contributed by atoms with Crippen LogP contribution in [0.3, 0.4) is 0 Å². The van der Waals surface area contributed by atoms with E-state index >= 15 is 0 Å². The lowest BCUT2D eigenvalue weighted by Crippen LogP contribution is -2.65. The number of rotatable bonds is 4. The molecule has 7 rings (SSSR count). The maximum Gasteiger partial charge on any atom is 0.135 e. The number of ketones is 1. The zero-order chi connectivity index (χ0) is 38.5. The molecule has 54 heavy (non-hydrogen) atoms. The molecule has 9 unspecified atom stereocenters. The minimum atomic E-state index is -0.734. The summed E-state index contributed by atoms with van der Waals surface area (Å²) in [5.74, 6) is 0.0856. The summed E-state index contributed by atoms with van der Waals surface area (Å²) in [7, 11) is 1.66. The third-order valence-corrected chi connectivity index (χ3v) is 15.5. The predicted molar refractivity (Wildman–Crippen MR) is 211 cm³/mol. The first-order valence-electron chi connectivity index (χ1n) is 20.8. The van der Waals surface area contributed by atoms with Gasteiger partial charge >= 0.3 is 0 Å². The standard InChI is InChI=1S/C42H66INO10/c1-21-13-27-7-9-32-22(2)14-29(49-32)11-12-42(5)19-31(47)24(4)38-37(43)41(54-42)40-33(53-38)10-8-28(51-40)15-25(45)16-30-35(18-34(50-27)23(21)3)52-36(39(30)48-6)17-26(46)20-44/h21,24,26-41,46-47H,2-3,7-20,44H2,1,4-6H3/t21-,24?,26?,27+,28?,29?,30?,31?,32+,33+,34-,35?,36-,37?,38+,39-,40+,41?,42+/m1/s1. The average Bonchev–Trinajstić information content (AvgIpc) is 3.65. The molecule has 0 aromatic heterocycles. The van der Waals surface area contributed by atoms with Gasteiger partial charge in [0, 0.05) is 57.6 Å². The Labute approximate surface area is 335 Å². The molecule has 4 N–H and O–H groups in total. The number of aliphatic hydroxyl groups is 2. The van der Waals surface area contributed by atoms with E-state index in [1.165, 1.54) is 0 Å². The fraction of sp³-hybridized carbons (Fsp3) is 0.881. The summed E-state index contributed by atoms with van der Waals surface area (Å²) in [6, 6.07) is 0. The Bertz CT molecular complexity index is 1350. The van der Waals surface area contributed by atoms with Crippen LogP contribution in [0, 0.1) is 17.8 Å². The molecule has 0 aromatic carbocycles. The lowest BCUT2D eigenvalue weighted by Gasteiger charge is -2.54. The van der Waals surface area contributed by atoms with Crippen LogP contribution in [0.15, 0.2) is 24.3 Å². The van der Waals surface area contributed by atoms with Crippen LogP contribution in [0.1, 0.15) is 104 Å². The summed E-state index contributed by atoms with van der Waals surface area (Å²) in [4.78, 5) is 14.1. The van der Waals surface area contributed by atoms with Gasteiger partial charge < -0.3 is 49.1 Å². The molecule has 9 bridgehead atoms. The molecule has 306 valence electrons. The van der Waals surface area contributed by atoms with Crippen molar-refractivity contribution in [3.8, 4) is 0 Å². The summed E-state index contributed by atoms with van der Waals surface area (Å²) in [6.07, 6.45) is 4.63. The number of fused-ring (bicyclic) bond motifs is 8. The fourth-order valence-corrected chi connectivity index (χ4v) is 12.2. The van der Waals surface area contributed by atoms with E-state index in [0.29, 0.717) is 25.7 Å². The van der Waals surface area contributed by atoms with Crippen molar-refractivity contribution >= 4 is 28.4 Å². The van der Waals surface area contributed by atoms with Gasteiger partial charge in [-0.25, -0.2) is 0 Å². The monoisotopic (exact) mass is 871 g/mol. The molecular weight excluding hydrogens is 805 g/mol. The molecule has 7 heterocycles. The molecule has 0 spiro atoms. The van der Waals surface area contributed by atoms with Gasteiger partial charge in [-0.1, -0.05) is 49.6 Å². The summed E-state index contributed by atoms with van der Waals surface area (Å²) < 4.78 is 46.9. The first kappa shape index (κ1) is 41.6. The molecule has 7 fully saturated rings. The SMILES string of the molecule is C=C1CC2CC[C@@]3(C)CC(O)C(C)[C@@H]4O[C@H]5CCC(CC(=O)CC6C(C[C@H]7O[C@@H](CC[C@@H]1O2)C[C@@H](C)C7=C)O[C@H](CC(O)CN)[C@@H]6OC)O[C@@H]5C(O3)C4I. The zero-order valence-corrected chi connectivity index (χ0v) is 35.0. The van der Waals surface area contributed by atoms with Crippen LogP contribution >= 0.6 is 22.6 Å². The number of aliphatic hydroxyl groups excluding tert-OH is 2. The Balaban J connectivity index is 1.17. The van der Waals surface area contributed by atoms with Crippen molar-refractivity contribution in [1.82, 2.24) is 0 Å². The minimum Gasteiger partial charge on any atom is -0.393 e. The zero-order valence-electron chi connectivity index (χ0n) is 32.8. The van der Waals surface area contributed by atoms with E-state index in [1.807, 2.05) is 0 Å². The first-order chi connectivity index (χ1) is 25.7. The van der Waals surface area contributed by atoms with Crippen LogP contribution in [0.5, 0.6) is 0 Å². The molecule has 7 saturated heterocycles. The Morgan fingerprint density at radius 1 is 0.907 bits per heavy atom. The van der Waals surface area contributed by atoms with Crippen molar-refractivity contribution in [2.45, 2.75) is 199 Å². The molecule has 0 amide bonds. The molecule has 7 aliphatic heterocycles. The second-order valence-electron chi connectivity index (χ2n) is 18.1. The van der Waals surface area contributed by atoms with E-state index in [4.69, 9.17) is 38.9 Å². The Hall–Kier alpha value is -0.520. The summed E-state index contributed by atoms with van der Waals surface area (Å²) in [5.41, 5.74) is 7.42. The summed E-state index contributed by atoms with van der Waals surface area (Å²) in [6.45, 7) is 15.5. The molecule has 0 aromatic rings. The molecule has 0 saturated carbocycles. The topological polar surface area (TPSA) is 148 Å². The number of alkyl halides is 1. The van der Waals surface area contributed by atoms with Gasteiger partial charge in [-0.2, -0.15) is 0 Å². The highest BCUT2D eigenvalue weighted by molar-refractivity contribution is 14.1. The van der Waals surface area contributed by atoms with Gasteiger partial charge in [-0.15, -0.1) is 0 Å². The average molecular weight is 872 g/mol. The lowest BCUT2D eigenvalue weighted by molar-refractivity contribution is -0.276. The molecule has 12 heteroatoms. The predicted octanol–water partition coefficient (Wildman–Crippen LogP) is 5.13. The quantitative estimate of drug-likeness (QED) is 0.196. The largest absolute Gasteiger partial charge is 0.393 e. The smallest absolute Gasteiger partial charge is 0.135 e. The number of ether oxygens (including phenoxy) is 7. The number of methoxy groups -OCH3 is 1. The lowest BCUT2D eigenvalue weighted by atomic mass is 9.78. The Kier molecular flexibility index (Phi) is 13.4. The fourth-order valence-electron chi connectivity index (χ4n) is 10.8. The van der Waals surface area contributed by atoms with Gasteiger partial charge in [-0.3, -0.25) is 4.79 Å². The van der Waals surface area contributed by atoms with Crippen molar-refractivity contribution in [3.05, 3.63) is 24.3 Å². The first-order valence-corrected chi connectivity index (χ1v) is 22.1. The van der Waals surface area contributed by atoms with Crippen molar-refractivity contribution < 1.29 is 48.2 Å². The van der Waals surface area contributed by atoms with Gasteiger partial charge in [0.1, 0.15) is 18.0 Å². The maximum atomic E-state index is 14.1. The van der Waals surface area contributed by atoms with E-state index < -0.39 is 23.9 Å². The van der Waals surface area contributed by atoms with E-state index in [1.54, 1.807) is 7.11 Å². The van der Waals surface area contributed by atoms with Crippen LogP contribution in [0.25, 0.3) is 0 Å². The van der Waals surface area contributed by atoms with Crippen molar-refractivity contribution in [2.75, 3.05) is 13.7 Å². The normalized spacial score (nSPS) is 49.8. The van der Waals surface area contributed by atoms with Gasteiger partial charge in [0.25, 0.3) is 0 Å². The second kappa shape index (κ2) is 17.4. The van der Waals surface area contributed by atoms with Crippen molar-refractivity contribution in [1.29, 1.82) is 0 Å². The summed E-state index contributed by atoms with van der Waals surface area (Å²) >= 11 is 2.45. The van der Waals surface area contributed by atoms with E-state index in [2.05, 4.69) is 56.5 Å². The third-order valence-electron chi connectivity index (χ3n) is 14.1. The highest BCUT2D eigenvalue weighted by Gasteiger charge is 2.55. The number of hydrogen-bond donors (Lipinski definition) is 3. The minimum absolute atomic E-state index is 0.0268. The highest BCUT2D eigenvalue weighted by Crippen LogP contribution is 2.47. The summed E-state index contributed by atoms with van der Waals surface area (Å²) in [5, 5.41) is 22.1. The van der Waals surface area contributed by atoms with Crippen LogP contribution in [0.4, 0.5) is 0 Å².